The molecule has 1 aliphatic heterocycles. The third-order valence-corrected chi connectivity index (χ3v) is 3.70. The summed E-state index contributed by atoms with van der Waals surface area (Å²) in [5.41, 5.74) is 1.61. The Morgan fingerprint density at radius 2 is 2.07 bits per heavy atom. The number of aryl methyl sites for hydroxylation is 1. The molecule has 0 spiro atoms. The molecule has 1 nitrogen and oxygen atoms in total. The number of ether oxygens (including phenoxy) is 1. The molecule has 0 bridgehead atoms. The van der Waals surface area contributed by atoms with Crippen molar-refractivity contribution in [3.63, 3.8) is 0 Å². The molecule has 0 saturated carbocycles. The van der Waals surface area contributed by atoms with Gasteiger partial charge in [-0.15, -0.1) is 0 Å². The van der Waals surface area contributed by atoms with Gasteiger partial charge in [-0.05, 0) is 31.7 Å². The zero-order valence-electron chi connectivity index (χ0n) is 9.08. The molecule has 2 atom stereocenters. The van der Waals surface area contributed by atoms with E-state index in [-0.39, 0.29) is 5.60 Å². The summed E-state index contributed by atoms with van der Waals surface area (Å²) in [6.07, 6.45) is 3.99. The molecule has 2 heteroatoms. The number of alkyl halides is 1. The Balaban J connectivity index is 1.77. The highest BCUT2D eigenvalue weighted by Gasteiger charge is 2.50. The maximum absolute atomic E-state index is 5.76. The van der Waals surface area contributed by atoms with Gasteiger partial charge in [0.1, 0.15) is 0 Å². The molecular formula is C13H17IO. The van der Waals surface area contributed by atoms with E-state index in [2.05, 4.69) is 59.8 Å². The Labute approximate surface area is 105 Å². The molecule has 0 N–H and O–H groups in total. The molecule has 0 aliphatic carbocycles. The van der Waals surface area contributed by atoms with E-state index in [1.54, 1.807) is 0 Å². The van der Waals surface area contributed by atoms with Crippen LogP contribution >= 0.6 is 22.6 Å². The molecule has 0 amide bonds. The first-order valence-corrected chi connectivity index (χ1v) is 7.05. The van der Waals surface area contributed by atoms with Crippen molar-refractivity contribution in [2.75, 3.05) is 4.43 Å². The molecule has 2 unspecified atom stereocenters. The van der Waals surface area contributed by atoms with Crippen molar-refractivity contribution in [2.45, 2.75) is 37.9 Å². The number of benzene rings is 1. The fourth-order valence-electron chi connectivity index (χ4n) is 2.01. The molecule has 1 saturated heterocycles. The fourth-order valence-corrected chi connectivity index (χ4v) is 3.08. The molecule has 82 valence electrons. The summed E-state index contributed by atoms with van der Waals surface area (Å²) in [6.45, 7) is 2.24. The second-order valence-electron chi connectivity index (χ2n) is 4.38. The minimum absolute atomic E-state index is 0.190. The van der Waals surface area contributed by atoms with Crippen LogP contribution in [0.5, 0.6) is 0 Å². The van der Waals surface area contributed by atoms with E-state index in [0.717, 1.165) is 12.8 Å². The van der Waals surface area contributed by atoms with Crippen LogP contribution in [-0.4, -0.2) is 16.1 Å². The smallest absolute Gasteiger partial charge is 0.0927 e. The monoisotopic (exact) mass is 316 g/mol. The molecule has 2 rings (SSSR count). The first kappa shape index (κ1) is 11.4. The Morgan fingerprint density at radius 3 is 2.73 bits per heavy atom. The first-order valence-electron chi connectivity index (χ1n) is 5.52. The quantitative estimate of drug-likeness (QED) is 0.459. The van der Waals surface area contributed by atoms with Crippen molar-refractivity contribution in [1.29, 1.82) is 0 Å². The van der Waals surface area contributed by atoms with Gasteiger partial charge >= 0.3 is 0 Å². The lowest BCUT2D eigenvalue weighted by Crippen LogP contribution is -2.10. The highest BCUT2D eigenvalue weighted by atomic mass is 127. The largest absolute Gasteiger partial charge is 0.366 e. The van der Waals surface area contributed by atoms with Gasteiger partial charge in [-0.1, -0.05) is 52.9 Å². The van der Waals surface area contributed by atoms with E-state index < -0.39 is 0 Å². The molecule has 15 heavy (non-hydrogen) atoms. The predicted molar refractivity (Wildman–Crippen MR) is 71.5 cm³/mol. The zero-order valence-corrected chi connectivity index (χ0v) is 11.2. The van der Waals surface area contributed by atoms with Gasteiger partial charge in [0.15, 0.2) is 0 Å². The molecule has 0 aromatic heterocycles. The van der Waals surface area contributed by atoms with Gasteiger partial charge < -0.3 is 4.74 Å². The van der Waals surface area contributed by atoms with Crippen LogP contribution < -0.4 is 0 Å². The summed E-state index contributed by atoms with van der Waals surface area (Å²) < 4.78 is 6.95. The summed E-state index contributed by atoms with van der Waals surface area (Å²) in [5, 5.41) is 0. The third kappa shape index (κ3) is 2.94. The van der Waals surface area contributed by atoms with Crippen LogP contribution in [0.1, 0.15) is 25.3 Å². The Kier molecular flexibility index (Phi) is 3.67. The topological polar surface area (TPSA) is 12.5 Å². The van der Waals surface area contributed by atoms with Crippen LogP contribution in [0.4, 0.5) is 0 Å². The van der Waals surface area contributed by atoms with Gasteiger partial charge in [-0.3, -0.25) is 0 Å². The highest BCUT2D eigenvalue weighted by molar-refractivity contribution is 14.1. The second-order valence-corrected chi connectivity index (χ2v) is 5.46. The molecule has 1 aromatic carbocycles. The van der Waals surface area contributed by atoms with Crippen molar-refractivity contribution < 1.29 is 4.74 Å². The van der Waals surface area contributed by atoms with Gasteiger partial charge in [-0.2, -0.15) is 0 Å². The van der Waals surface area contributed by atoms with Crippen LogP contribution in [0.25, 0.3) is 0 Å². The Bertz CT molecular complexity index is 312. The first-order chi connectivity index (χ1) is 7.24. The lowest BCUT2D eigenvalue weighted by atomic mass is 9.99. The number of hydrogen-bond acceptors (Lipinski definition) is 1. The van der Waals surface area contributed by atoms with E-state index in [1.165, 1.54) is 16.4 Å². The maximum atomic E-state index is 5.76. The average Bonchev–Trinajstić information content (AvgIpc) is 2.88. The lowest BCUT2D eigenvalue weighted by molar-refractivity contribution is 0.302. The van der Waals surface area contributed by atoms with Gasteiger partial charge in [0, 0.05) is 4.43 Å². The summed E-state index contributed by atoms with van der Waals surface area (Å²) in [7, 11) is 0. The van der Waals surface area contributed by atoms with E-state index in [0.29, 0.717) is 6.10 Å². The fraction of sp³-hybridized carbons (Fsp3) is 0.538. The van der Waals surface area contributed by atoms with Crippen molar-refractivity contribution in [1.82, 2.24) is 0 Å². The number of hydrogen-bond donors (Lipinski definition) is 0. The highest BCUT2D eigenvalue weighted by Crippen LogP contribution is 2.42. The standard InChI is InChI=1S/C13H17IO/c1-13(9-10-14)12(15-13)8-7-11-5-3-2-4-6-11/h2-6,12H,7-10H2,1H3. The van der Waals surface area contributed by atoms with Crippen LogP contribution in [0.3, 0.4) is 0 Å². The van der Waals surface area contributed by atoms with E-state index >= 15 is 0 Å². The lowest BCUT2D eigenvalue weighted by Gasteiger charge is -2.03. The number of halogens is 1. The van der Waals surface area contributed by atoms with Crippen LogP contribution in [0.15, 0.2) is 30.3 Å². The normalized spacial score (nSPS) is 29.1. The summed E-state index contributed by atoms with van der Waals surface area (Å²) in [6, 6.07) is 10.7. The van der Waals surface area contributed by atoms with Gasteiger partial charge in [-0.25, -0.2) is 0 Å². The number of epoxide rings is 1. The second kappa shape index (κ2) is 4.83. The number of rotatable bonds is 5. The zero-order chi connectivity index (χ0) is 10.7. The Hall–Kier alpha value is -0.0900. The minimum Gasteiger partial charge on any atom is -0.366 e. The maximum Gasteiger partial charge on any atom is 0.0927 e. The summed E-state index contributed by atoms with van der Waals surface area (Å²) in [5.74, 6) is 0. The molecule has 0 radical (unpaired) electrons. The predicted octanol–water partition coefficient (Wildman–Crippen LogP) is 3.60. The van der Waals surface area contributed by atoms with Gasteiger partial charge in [0.25, 0.3) is 0 Å². The van der Waals surface area contributed by atoms with Crippen molar-refractivity contribution in [3.05, 3.63) is 35.9 Å². The Morgan fingerprint density at radius 1 is 1.33 bits per heavy atom. The van der Waals surface area contributed by atoms with Crippen LogP contribution in [0, 0.1) is 0 Å². The van der Waals surface area contributed by atoms with Crippen molar-refractivity contribution in [3.8, 4) is 0 Å². The van der Waals surface area contributed by atoms with Gasteiger partial charge in [0.2, 0.25) is 0 Å². The molecular weight excluding hydrogens is 299 g/mol. The average molecular weight is 316 g/mol. The molecule has 1 heterocycles. The summed E-state index contributed by atoms with van der Waals surface area (Å²) in [4.78, 5) is 0. The van der Waals surface area contributed by atoms with Crippen LogP contribution in [0.2, 0.25) is 0 Å². The van der Waals surface area contributed by atoms with E-state index in [9.17, 15) is 0 Å². The van der Waals surface area contributed by atoms with Crippen molar-refractivity contribution in [2.24, 2.45) is 0 Å². The SMILES string of the molecule is CC1(CCI)OC1CCc1ccccc1. The van der Waals surface area contributed by atoms with E-state index in [1.807, 2.05) is 0 Å². The van der Waals surface area contributed by atoms with Gasteiger partial charge in [0.05, 0.1) is 11.7 Å². The summed E-state index contributed by atoms with van der Waals surface area (Å²) >= 11 is 2.42. The third-order valence-electron chi connectivity index (χ3n) is 3.16. The minimum atomic E-state index is 0.190. The van der Waals surface area contributed by atoms with Crippen molar-refractivity contribution >= 4 is 22.6 Å². The molecule has 1 fully saturated rings. The van der Waals surface area contributed by atoms with E-state index in [4.69, 9.17) is 4.74 Å². The van der Waals surface area contributed by atoms with Crippen LogP contribution in [-0.2, 0) is 11.2 Å². The molecule has 1 aliphatic rings. The molecule has 1 aromatic rings.